The summed E-state index contributed by atoms with van der Waals surface area (Å²) in [6.07, 6.45) is -6.05. The molecule has 0 spiro atoms. The third-order valence-electron chi connectivity index (χ3n) is 16.9. The van der Waals surface area contributed by atoms with Gasteiger partial charge < -0.3 is 64.9 Å². The van der Waals surface area contributed by atoms with E-state index in [1.807, 2.05) is 6.92 Å². The molecule has 9 N–H and O–H groups in total. The molecule has 0 radical (unpaired) electrons. The first-order valence-electron chi connectivity index (χ1n) is 20.2. The average Bonchev–Trinajstić information content (AvgIpc) is 3.14. The number of allylic oxidation sites excluding steroid dienone is 1. The third kappa shape index (κ3) is 5.83. The maximum Gasteiger partial charge on any atom is 0.315 e. The minimum Gasteiger partial charge on any atom is -0.432 e. The Morgan fingerprint density at radius 2 is 1.55 bits per heavy atom. The Balaban J connectivity index is 1.20. The number of esters is 1. The second-order valence-electron chi connectivity index (χ2n) is 19.3. The van der Waals surface area contributed by atoms with Gasteiger partial charge in [0, 0.05) is 11.3 Å². The van der Waals surface area contributed by atoms with Crippen molar-refractivity contribution in [2.24, 2.45) is 44.8 Å². The fourth-order valence-electron chi connectivity index (χ4n) is 13.3. The number of fused-ring (bicyclic) bond motifs is 7. The van der Waals surface area contributed by atoms with Crippen molar-refractivity contribution in [2.45, 2.75) is 159 Å². The molecule has 0 aromatic rings. The van der Waals surface area contributed by atoms with Crippen LogP contribution in [0.25, 0.3) is 0 Å². The van der Waals surface area contributed by atoms with E-state index in [1.165, 1.54) is 0 Å². The highest BCUT2D eigenvalue weighted by atomic mass is 16.7. The third-order valence-corrected chi connectivity index (χ3v) is 16.9. The molecule has 19 atom stereocenters. The van der Waals surface area contributed by atoms with Gasteiger partial charge in [0.15, 0.2) is 6.29 Å². The Labute approximate surface area is 323 Å². The predicted octanol–water partition coefficient (Wildman–Crippen LogP) is 0.819. The molecule has 7 rings (SSSR count). The lowest BCUT2D eigenvalue weighted by atomic mass is 9.33. The van der Waals surface area contributed by atoms with Gasteiger partial charge in [-0.1, -0.05) is 45.9 Å². The lowest BCUT2D eigenvalue weighted by Crippen LogP contribution is -2.68. The van der Waals surface area contributed by atoms with E-state index in [-0.39, 0.29) is 35.9 Å². The SMILES string of the molecule is C=C1CC[C@]2(C(=O)O[C@@H]3O[C@H](CO)[C@H](O)[C@H](O)[C@H]3O)CC[C@]3(C)C(=CC[C@@H]4[C@@]5(C)CC[C@H](O[C@@H]6OC[C@H](O)[C@H](O)[C@H]6O)[C@@](C)(CO)[C@@H]5CC[C@]43C)[C@@H]2[C@]1(C)O. The Morgan fingerprint density at radius 3 is 2.22 bits per heavy atom. The molecule has 2 aliphatic heterocycles. The van der Waals surface area contributed by atoms with Gasteiger partial charge in [-0.25, -0.2) is 0 Å². The van der Waals surface area contributed by atoms with Crippen molar-refractivity contribution in [3.63, 3.8) is 0 Å². The summed E-state index contributed by atoms with van der Waals surface area (Å²) in [7, 11) is 0. The van der Waals surface area contributed by atoms with Crippen LogP contribution >= 0.6 is 0 Å². The van der Waals surface area contributed by atoms with Crippen molar-refractivity contribution in [1.82, 2.24) is 0 Å². The highest BCUT2D eigenvalue weighted by Gasteiger charge is 2.72. The van der Waals surface area contributed by atoms with Crippen LogP contribution in [0.4, 0.5) is 0 Å². The highest BCUT2D eigenvalue weighted by molar-refractivity contribution is 5.80. The first-order chi connectivity index (χ1) is 25.7. The van der Waals surface area contributed by atoms with Crippen LogP contribution in [0.3, 0.4) is 0 Å². The van der Waals surface area contributed by atoms with E-state index in [4.69, 9.17) is 18.9 Å². The molecule has 5 aliphatic carbocycles. The van der Waals surface area contributed by atoms with Crippen LogP contribution in [0.5, 0.6) is 0 Å². The zero-order chi connectivity index (χ0) is 40.3. The van der Waals surface area contributed by atoms with Gasteiger partial charge in [-0.15, -0.1) is 0 Å². The molecule has 2 heterocycles. The normalized spacial score (nSPS) is 55.3. The number of rotatable bonds is 6. The zero-order valence-corrected chi connectivity index (χ0v) is 32.8. The molecule has 6 fully saturated rings. The van der Waals surface area contributed by atoms with Crippen molar-refractivity contribution in [2.75, 3.05) is 19.8 Å². The molecular formula is C41H64O14. The second kappa shape index (κ2) is 14.0. The molecule has 0 unspecified atom stereocenters. The van der Waals surface area contributed by atoms with Gasteiger partial charge in [0.1, 0.15) is 42.7 Å². The fraction of sp³-hybridized carbons (Fsp3) is 0.878. The summed E-state index contributed by atoms with van der Waals surface area (Å²) < 4.78 is 23.5. The average molecular weight is 781 g/mol. The largest absolute Gasteiger partial charge is 0.432 e. The van der Waals surface area contributed by atoms with Crippen molar-refractivity contribution in [3.8, 4) is 0 Å². The minimum atomic E-state index is -1.75. The maximum atomic E-state index is 14.6. The Bertz CT molecular complexity index is 1530. The Hall–Kier alpha value is -1.53. The monoisotopic (exact) mass is 780 g/mol. The summed E-state index contributed by atoms with van der Waals surface area (Å²) in [5.41, 5.74) is -2.77. The van der Waals surface area contributed by atoms with E-state index in [2.05, 4.69) is 33.4 Å². The van der Waals surface area contributed by atoms with Crippen molar-refractivity contribution < 1.29 is 69.7 Å². The van der Waals surface area contributed by atoms with Gasteiger partial charge in [-0.05, 0) is 98.4 Å². The molecule has 14 heteroatoms. The second-order valence-corrected chi connectivity index (χ2v) is 19.3. The molecule has 0 bridgehead atoms. The standard InChI is InChI=1S/C41H64O14/c1-20-9-14-41(35(50)55-34-31(49)29(47)28(46)23(17-42)53-34)16-15-38(4)21(32(41)40(20,6)51)7-8-25-36(2)12-11-26(54-33-30(48)27(45)22(44)18-52-33)37(3,19-43)24(36)10-13-39(25,38)5/h7,22-34,42-49,51H,1,8-19H2,2-6H3/t22-,23+,24+,25+,26-,27-,28-,29-,30+,31+,32+,33-,34-,36-,37-,38+,39+,40+,41-/m0/s1. The number of hydrogen-bond donors (Lipinski definition) is 9. The molecule has 0 aromatic heterocycles. The molecule has 0 aromatic carbocycles. The van der Waals surface area contributed by atoms with Gasteiger partial charge in [0.2, 0.25) is 6.29 Å². The van der Waals surface area contributed by atoms with E-state index in [0.29, 0.717) is 44.1 Å². The van der Waals surface area contributed by atoms with E-state index in [0.717, 1.165) is 24.8 Å². The number of aliphatic hydroxyl groups is 9. The van der Waals surface area contributed by atoms with Gasteiger partial charge in [-0.3, -0.25) is 4.79 Å². The fourth-order valence-corrected chi connectivity index (χ4v) is 13.3. The Morgan fingerprint density at radius 1 is 0.855 bits per heavy atom. The smallest absolute Gasteiger partial charge is 0.315 e. The lowest BCUT2D eigenvalue weighted by Gasteiger charge is -2.72. The molecule has 2 saturated heterocycles. The minimum absolute atomic E-state index is 0.0328. The van der Waals surface area contributed by atoms with Crippen molar-refractivity contribution in [1.29, 1.82) is 0 Å². The van der Waals surface area contributed by atoms with Gasteiger partial charge in [0.05, 0.1) is 36.9 Å². The van der Waals surface area contributed by atoms with E-state index >= 15 is 0 Å². The van der Waals surface area contributed by atoms with Crippen molar-refractivity contribution in [3.05, 3.63) is 23.8 Å². The van der Waals surface area contributed by atoms with Crippen LogP contribution in [-0.4, -0.2) is 139 Å². The quantitative estimate of drug-likeness (QED) is 0.103. The first-order valence-corrected chi connectivity index (χ1v) is 20.2. The van der Waals surface area contributed by atoms with E-state index in [9.17, 15) is 50.8 Å². The summed E-state index contributed by atoms with van der Waals surface area (Å²) >= 11 is 0. The summed E-state index contributed by atoms with van der Waals surface area (Å²) in [5.74, 6) is -1.18. The number of ether oxygens (including phenoxy) is 4. The van der Waals surface area contributed by atoms with Crippen molar-refractivity contribution >= 4 is 5.97 Å². The summed E-state index contributed by atoms with van der Waals surface area (Å²) in [4.78, 5) is 14.6. The number of carbonyl (C=O) groups is 1. The number of carbonyl (C=O) groups excluding carboxylic acids is 1. The Kier molecular flexibility index (Phi) is 10.6. The summed E-state index contributed by atoms with van der Waals surface area (Å²) in [6.45, 7) is 13.9. The zero-order valence-electron chi connectivity index (χ0n) is 32.8. The predicted molar refractivity (Wildman–Crippen MR) is 194 cm³/mol. The molecule has 7 aliphatic rings. The molecule has 14 nitrogen and oxygen atoms in total. The molecule has 4 saturated carbocycles. The van der Waals surface area contributed by atoms with Crippen LogP contribution in [0.2, 0.25) is 0 Å². The summed E-state index contributed by atoms with van der Waals surface area (Å²) in [6, 6.07) is 0. The first kappa shape index (κ1) is 41.6. The van der Waals surface area contributed by atoms with Crippen LogP contribution in [-0.2, 0) is 23.7 Å². The highest BCUT2D eigenvalue weighted by Crippen LogP contribution is 2.76. The van der Waals surface area contributed by atoms with Crippen LogP contribution in [0.15, 0.2) is 23.8 Å². The molecule has 0 amide bonds. The van der Waals surface area contributed by atoms with Gasteiger partial charge >= 0.3 is 5.97 Å². The van der Waals surface area contributed by atoms with Gasteiger partial charge in [-0.2, -0.15) is 0 Å². The molecular weight excluding hydrogens is 716 g/mol. The number of hydrogen-bond acceptors (Lipinski definition) is 14. The van der Waals surface area contributed by atoms with E-state index < -0.39 is 102 Å². The maximum absolute atomic E-state index is 14.6. The molecule has 55 heavy (non-hydrogen) atoms. The summed E-state index contributed by atoms with van der Waals surface area (Å²) in [5, 5.41) is 95.8. The van der Waals surface area contributed by atoms with Crippen LogP contribution in [0, 0.1) is 44.8 Å². The van der Waals surface area contributed by atoms with E-state index in [1.54, 1.807) is 6.92 Å². The van der Waals surface area contributed by atoms with Gasteiger partial charge in [0.25, 0.3) is 0 Å². The van der Waals surface area contributed by atoms with Crippen LogP contribution in [0.1, 0.15) is 92.4 Å². The topological polar surface area (TPSA) is 236 Å². The lowest BCUT2D eigenvalue weighted by molar-refractivity contribution is -0.313. The van der Waals surface area contributed by atoms with Crippen LogP contribution < -0.4 is 0 Å². The number of aliphatic hydroxyl groups excluding tert-OH is 8. The molecule has 312 valence electrons.